The van der Waals surface area contributed by atoms with Gasteiger partial charge in [-0.25, -0.2) is 13.4 Å². The molecule has 5 rings (SSSR count). The number of hydrogen-bond donors (Lipinski definition) is 1. The molecule has 1 N–H and O–H groups in total. The number of rotatable bonds is 6. The van der Waals surface area contributed by atoms with Crippen LogP contribution in [-0.2, 0) is 34.1 Å². The monoisotopic (exact) mass is 471 g/mol. The first kappa shape index (κ1) is 21.7. The summed E-state index contributed by atoms with van der Waals surface area (Å²) in [5.41, 5.74) is 2.40. The van der Waals surface area contributed by atoms with Crippen LogP contribution in [0.5, 0.6) is 0 Å². The van der Waals surface area contributed by atoms with E-state index in [1.165, 1.54) is 16.2 Å². The maximum Gasteiger partial charge on any atom is 0.243 e. The number of sulfonamides is 1. The summed E-state index contributed by atoms with van der Waals surface area (Å²) in [4.78, 5) is 22.8. The summed E-state index contributed by atoms with van der Waals surface area (Å²) in [5, 5.41) is 10.2. The van der Waals surface area contributed by atoms with Crippen LogP contribution < -0.4 is 0 Å². The normalized spacial score (nSPS) is 17.2. The van der Waals surface area contributed by atoms with Crippen molar-refractivity contribution in [3.05, 3.63) is 41.5 Å². The number of nitrogens with one attached hydrogen (secondary N) is 1. The number of H-pyrrole nitrogens is 1. The first-order valence-electron chi connectivity index (χ1n) is 11.1. The largest absolute Gasteiger partial charge is 0.340 e. The molecule has 0 atom stereocenters. The van der Waals surface area contributed by atoms with Crippen molar-refractivity contribution in [2.75, 3.05) is 26.2 Å². The smallest absolute Gasteiger partial charge is 0.243 e. The summed E-state index contributed by atoms with van der Waals surface area (Å²) in [6, 6.07) is 5.50. The van der Waals surface area contributed by atoms with Gasteiger partial charge >= 0.3 is 0 Å². The van der Waals surface area contributed by atoms with Crippen molar-refractivity contribution in [1.82, 2.24) is 34.5 Å². The van der Waals surface area contributed by atoms with Gasteiger partial charge in [-0.15, -0.1) is 0 Å². The molecular weight excluding hydrogens is 446 g/mol. The molecule has 2 aromatic heterocycles. The van der Waals surface area contributed by atoms with Crippen LogP contribution >= 0.6 is 0 Å². The summed E-state index contributed by atoms with van der Waals surface area (Å²) in [7, 11) is -3.57. The summed E-state index contributed by atoms with van der Waals surface area (Å²) in [6.07, 6.45) is 6.05. The van der Waals surface area contributed by atoms with Crippen LogP contribution in [0.15, 0.2) is 33.9 Å². The van der Waals surface area contributed by atoms with Gasteiger partial charge < -0.3 is 9.42 Å². The van der Waals surface area contributed by atoms with Crippen LogP contribution in [0, 0.1) is 0 Å². The average Bonchev–Trinajstić information content (AvgIpc) is 3.54. The standard InChI is InChI=1S/C21H25N7O4S/c29-19(8-7-18-24-21(26-32-18)20-22-14-23-25-20)27-9-11-28(12-10-27)33(30,31)17-6-5-15-3-1-2-4-16(15)13-17/h5-6,13-14H,1-4,7-12H2,(H,22,23,25). The second-order valence-corrected chi connectivity index (χ2v) is 10.2. The number of piperazine rings is 1. The quantitative estimate of drug-likeness (QED) is 0.566. The first-order chi connectivity index (χ1) is 16.0. The van der Waals surface area contributed by atoms with Crippen molar-refractivity contribution < 1.29 is 17.7 Å². The zero-order valence-corrected chi connectivity index (χ0v) is 18.9. The highest BCUT2D eigenvalue weighted by Gasteiger charge is 2.30. The molecule has 1 saturated heterocycles. The van der Waals surface area contributed by atoms with E-state index >= 15 is 0 Å². The number of aromatic amines is 1. The summed E-state index contributed by atoms with van der Waals surface area (Å²) in [5.74, 6) is 0.951. The predicted molar refractivity (Wildman–Crippen MR) is 116 cm³/mol. The fourth-order valence-electron chi connectivity index (χ4n) is 4.33. The van der Waals surface area contributed by atoms with Crippen molar-refractivity contribution in [1.29, 1.82) is 0 Å². The van der Waals surface area contributed by atoms with Crippen molar-refractivity contribution >= 4 is 15.9 Å². The van der Waals surface area contributed by atoms with E-state index in [2.05, 4.69) is 25.3 Å². The maximum absolute atomic E-state index is 13.1. The fraction of sp³-hybridized carbons (Fsp3) is 0.476. The van der Waals surface area contributed by atoms with Crippen molar-refractivity contribution in [2.45, 2.75) is 43.4 Å². The van der Waals surface area contributed by atoms with Gasteiger partial charge in [-0.05, 0) is 48.9 Å². The Kier molecular flexibility index (Phi) is 5.94. The van der Waals surface area contributed by atoms with E-state index in [4.69, 9.17) is 4.52 Å². The third-order valence-corrected chi connectivity index (χ3v) is 8.09. The Bertz CT molecular complexity index is 1230. The molecule has 3 heterocycles. The number of aromatic nitrogens is 5. The third-order valence-electron chi connectivity index (χ3n) is 6.20. The van der Waals surface area contributed by atoms with Crippen molar-refractivity contribution in [3.8, 4) is 11.6 Å². The van der Waals surface area contributed by atoms with Gasteiger partial charge in [-0.2, -0.15) is 14.4 Å². The molecule has 1 fully saturated rings. The van der Waals surface area contributed by atoms with Crippen LogP contribution in [-0.4, -0.2) is 75.0 Å². The molecule has 1 aliphatic carbocycles. The van der Waals surface area contributed by atoms with Gasteiger partial charge in [-0.3, -0.25) is 9.89 Å². The predicted octanol–water partition coefficient (Wildman–Crippen LogP) is 1.20. The minimum atomic E-state index is -3.57. The van der Waals surface area contributed by atoms with E-state index in [1.807, 2.05) is 12.1 Å². The third kappa shape index (κ3) is 4.53. The molecule has 0 spiro atoms. The Hall–Kier alpha value is -3.12. The average molecular weight is 472 g/mol. The Balaban J connectivity index is 1.15. The molecule has 11 nitrogen and oxygen atoms in total. The molecule has 0 unspecified atom stereocenters. The van der Waals surface area contributed by atoms with Crippen LogP contribution in [0.3, 0.4) is 0 Å². The molecule has 12 heteroatoms. The Morgan fingerprint density at radius 1 is 1.09 bits per heavy atom. The Labute approximate surface area is 191 Å². The molecule has 1 amide bonds. The lowest BCUT2D eigenvalue weighted by atomic mass is 9.92. The zero-order chi connectivity index (χ0) is 22.8. The number of benzene rings is 1. The minimum absolute atomic E-state index is 0.0692. The number of nitrogens with zero attached hydrogens (tertiary/aromatic N) is 6. The molecule has 1 aromatic carbocycles. The van der Waals surface area contributed by atoms with Gasteiger partial charge in [0.2, 0.25) is 27.6 Å². The Morgan fingerprint density at radius 2 is 1.88 bits per heavy atom. The highest BCUT2D eigenvalue weighted by Crippen LogP contribution is 2.26. The molecule has 3 aromatic rings. The summed E-state index contributed by atoms with van der Waals surface area (Å²) in [6.45, 7) is 1.27. The van der Waals surface area contributed by atoms with Crippen LogP contribution in [0.2, 0.25) is 0 Å². The van der Waals surface area contributed by atoms with Gasteiger partial charge in [0.05, 0.1) is 4.90 Å². The molecule has 33 heavy (non-hydrogen) atoms. The number of aryl methyl sites for hydroxylation is 3. The van der Waals surface area contributed by atoms with Crippen LogP contribution in [0.1, 0.15) is 36.3 Å². The van der Waals surface area contributed by atoms with Gasteiger partial charge in [0, 0.05) is 39.0 Å². The Morgan fingerprint density at radius 3 is 2.64 bits per heavy atom. The lowest BCUT2D eigenvalue weighted by Crippen LogP contribution is -2.50. The van der Waals surface area contributed by atoms with Gasteiger partial charge in [0.15, 0.2) is 5.82 Å². The number of amides is 1. The number of carbonyl (C=O) groups is 1. The van der Waals surface area contributed by atoms with Gasteiger partial charge in [-0.1, -0.05) is 11.2 Å². The van der Waals surface area contributed by atoms with Crippen molar-refractivity contribution in [3.63, 3.8) is 0 Å². The SMILES string of the molecule is O=C(CCc1nc(-c2ncn[nH]2)no1)N1CCN(S(=O)(=O)c2ccc3c(c2)CCCC3)CC1. The highest BCUT2D eigenvalue weighted by atomic mass is 32.2. The molecule has 2 aliphatic rings. The van der Waals surface area contributed by atoms with E-state index in [-0.39, 0.29) is 31.2 Å². The molecule has 174 valence electrons. The van der Waals surface area contributed by atoms with E-state index in [1.54, 1.807) is 11.0 Å². The number of carbonyl (C=O) groups excluding carboxylic acids is 1. The van der Waals surface area contributed by atoms with Crippen LogP contribution in [0.25, 0.3) is 11.6 Å². The number of fused-ring (bicyclic) bond motifs is 1. The lowest BCUT2D eigenvalue weighted by molar-refractivity contribution is -0.132. The molecular formula is C21H25N7O4S. The summed E-state index contributed by atoms with van der Waals surface area (Å²) < 4.78 is 32.9. The molecule has 0 saturated carbocycles. The minimum Gasteiger partial charge on any atom is -0.340 e. The maximum atomic E-state index is 13.1. The van der Waals surface area contributed by atoms with Crippen LogP contribution in [0.4, 0.5) is 0 Å². The van der Waals surface area contributed by atoms with E-state index < -0.39 is 10.0 Å². The fourth-order valence-corrected chi connectivity index (χ4v) is 5.81. The number of hydrogen-bond acceptors (Lipinski definition) is 8. The summed E-state index contributed by atoms with van der Waals surface area (Å²) >= 11 is 0. The van der Waals surface area contributed by atoms with E-state index in [0.717, 1.165) is 31.2 Å². The van der Waals surface area contributed by atoms with E-state index in [0.29, 0.717) is 36.1 Å². The second-order valence-electron chi connectivity index (χ2n) is 8.27. The topological polar surface area (TPSA) is 138 Å². The first-order valence-corrected chi connectivity index (χ1v) is 12.5. The van der Waals surface area contributed by atoms with Gasteiger partial charge in [0.1, 0.15) is 6.33 Å². The van der Waals surface area contributed by atoms with E-state index in [9.17, 15) is 13.2 Å². The molecule has 1 aliphatic heterocycles. The molecule has 0 bridgehead atoms. The van der Waals surface area contributed by atoms with Crippen molar-refractivity contribution in [2.24, 2.45) is 0 Å². The second kappa shape index (κ2) is 9.02. The molecule has 0 radical (unpaired) electrons. The lowest BCUT2D eigenvalue weighted by Gasteiger charge is -2.34. The van der Waals surface area contributed by atoms with Gasteiger partial charge in [0.25, 0.3) is 0 Å². The zero-order valence-electron chi connectivity index (χ0n) is 18.1. The highest BCUT2D eigenvalue weighted by molar-refractivity contribution is 7.89.